The average molecular weight is 340 g/mol. The first-order valence-corrected chi connectivity index (χ1v) is 7.85. The van der Waals surface area contributed by atoms with Gasteiger partial charge in [0.05, 0.1) is 21.9 Å². The van der Waals surface area contributed by atoms with Crippen LogP contribution in [0.25, 0.3) is 0 Å². The molecule has 0 saturated heterocycles. The van der Waals surface area contributed by atoms with Gasteiger partial charge in [-0.25, -0.2) is 0 Å². The first-order valence-electron chi connectivity index (χ1n) is 7.10. The van der Waals surface area contributed by atoms with Crippen molar-refractivity contribution in [2.45, 2.75) is 13.0 Å². The molecule has 4 atom stereocenters. The summed E-state index contributed by atoms with van der Waals surface area (Å²) in [5, 5.41) is 13.1. The standard InChI is InChI=1S/C16H15Cl2NO3/c17-11-4-1-8(5-12(11)18)7-19-15(20)13-9-2-3-10(6-9)14(13)16(21)22/h1-5,9-10,13-14H,6-7H2,(H,19,20)(H,21,22)/t9-,10+,13-,14-/m0/s1. The second kappa shape index (κ2) is 5.94. The number of carbonyl (C=O) groups excluding carboxylic acids is 1. The summed E-state index contributed by atoms with van der Waals surface area (Å²) in [7, 11) is 0. The van der Waals surface area contributed by atoms with E-state index in [1.54, 1.807) is 18.2 Å². The van der Waals surface area contributed by atoms with Crippen molar-refractivity contribution in [3.63, 3.8) is 0 Å². The lowest BCUT2D eigenvalue weighted by Gasteiger charge is -2.23. The molecule has 1 amide bonds. The molecule has 0 aliphatic heterocycles. The summed E-state index contributed by atoms with van der Waals surface area (Å²) in [6.45, 7) is 0.305. The van der Waals surface area contributed by atoms with Crippen LogP contribution in [0.3, 0.4) is 0 Å². The molecule has 1 aromatic rings. The number of carbonyl (C=O) groups is 2. The van der Waals surface area contributed by atoms with Crippen LogP contribution >= 0.6 is 23.2 Å². The maximum atomic E-state index is 12.4. The molecule has 1 aromatic carbocycles. The van der Waals surface area contributed by atoms with Crippen LogP contribution in [0.2, 0.25) is 10.0 Å². The van der Waals surface area contributed by atoms with Crippen LogP contribution in [-0.4, -0.2) is 17.0 Å². The number of halogens is 2. The fourth-order valence-electron chi connectivity index (χ4n) is 3.47. The fraction of sp³-hybridized carbons (Fsp3) is 0.375. The zero-order valence-electron chi connectivity index (χ0n) is 11.6. The van der Waals surface area contributed by atoms with Crippen LogP contribution in [0, 0.1) is 23.7 Å². The molecule has 4 nitrogen and oxygen atoms in total. The molecule has 116 valence electrons. The van der Waals surface area contributed by atoms with Gasteiger partial charge in [0.15, 0.2) is 0 Å². The molecule has 3 rings (SSSR count). The summed E-state index contributed by atoms with van der Waals surface area (Å²) < 4.78 is 0. The predicted octanol–water partition coefficient (Wildman–Crippen LogP) is 3.13. The minimum Gasteiger partial charge on any atom is -0.481 e. The third kappa shape index (κ3) is 2.73. The zero-order valence-corrected chi connectivity index (χ0v) is 13.1. The lowest BCUT2D eigenvalue weighted by molar-refractivity contribution is -0.147. The molecular weight excluding hydrogens is 325 g/mol. The first-order chi connectivity index (χ1) is 10.5. The third-order valence-electron chi connectivity index (χ3n) is 4.50. The number of fused-ring (bicyclic) bond motifs is 2. The lowest BCUT2D eigenvalue weighted by atomic mass is 9.82. The molecule has 1 saturated carbocycles. The topological polar surface area (TPSA) is 66.4 Å². The van der Waals surface area contributed by atoms with Gasteiger partial charge in [-0.05, 0) is 36.0 Å². The van der Waals surface area contributed by atoms with Crippen LogP contribution in [0.15, 0.2) is 30.4 Å². The van der Waals surface area contributed by atoms with Gasteiger partial charge in [-0.15, -0.1) is 0 Å². The molecule has 1 fully saturated rings. The van der Waals surface area contributed by atoms with Crippen LogP contribution in [-0.2, 0) is 16.1 Å². The van der Waals surface area contributed by atoms with Gasteiger partial charge in [-0.2, -0.15) is 0 Å². The summed E-state index contributed by atoms with van der Waals surface area (Å²) in [5.74, 6) is -2.22. The maximum absolute atomic E-state index is 12.4. The fourth-order valence-corrected chi connectivity index (χ4v) is 3.79. The number of allylic oxidation sites excluding steroid dienone is 2. The molecule has 6 heteroatoms. The van der Waals surface area contributed by atoms with Crippen molar-refractivity contribution < 1.29 is 14.7 Å². The van der Waals surface area contributed by atoms with E-state index in [4.69, 9.17) is 23.2 Å². The van der Waals surface area contributed by atoms with E-state index in [9.17, 15) is 14.7 Å². The Kier molecular flexibility index (Phi) is 4.15. The van der Waals surface area contributed by atoms with E-state index in [1.807, 2.05) is 12.2 Å². The van der Waals surface area contributed by atoms with E-state index >= 15 is 0 Å². The largest absolute Gasteiger partial charge is 0.481 e. The second-order valence-corrected chi connectivity index (χ2v) is 6.62. The number of nitrogens with one attached hydrogen (secondary N) is 1. The highest BCUT2D eigenvalue weighted by Gasteiger charge is 2.51. The molecule has 2 aliphatic rings. The Morgan fingerprint density at radius 1 is 1.14 bits per heavy atom. The molecule has 0 radical (unpaired) electrons. The second-order valence-electron chi connectivity index (χ2n) is 5.80. The first kappa shape index (κ1) is 15.4. The van der Waals surface area contributed by atoms with Crippen molar-refractivity contribution in [2.24, 2.45) is 23.7 Å². The van der Waals surface area contributed by atoms with E-state index in [2.05, 4.69) is 5.32 Å². The highest BCUT2D eigenvalue weighted by molar-refractivity contribution is 6.42. The van der Waals surface area contributed by atoms with E-state index in [0.29, 0.717) is 16.6 Å². The maximum Gasteiger partial charge on any atom is 0.307 e. The predicted molar refractivity (Wildman–Crippen MR) is 83.7 cm³/mol. The minimum absolute atomic E-state index is 0.0248. The normalized spacial score (nSPS) is 28.8. The summed E-state index contributed by atoms with van der Waals surface area (Å²) in [6.07, 6.45) is 4.64. The van der Waals surface area contributed by atoms with Gasteiger partial charge < -0.3 is 10.4 Å². The van der Waals surface area contributed by atoms with Crippen LogP contribution in [0.4, 0.5) is 0 Å². The molecule has 0 aromatic heterocycles. The van der Waals surface area contributed by atoms with E-state index in [0.717, 1.165) is 12.0 Å². The van der Waals surface area contributed by atoms with Crippen molar-refractivity contribution in [1.29, 1.82) is 0 Å². The van der Waals surface area contributed by atoms with Crippen molar-refractivity contribution in [3.8, 4) is 0 Å². The summed E-state index contributed by atoms with van der Waals surface area (Å²) in [6, 6.07) is 5.15. The molecule has 2 N–H and O–H groups in total. The zero-order chi connectivity index (χ0) is 15.9. The quantitative estimate of drug-likeness (QED) is 0.828. The minimum atomic E-state index is -0.897. The highest BCUT2D eigenvalue weighted by Crippen LogP contribution is 2.48. The van der Waals surface area contributed by atoms with Gasteiger partial charge in [0, 0.05) is 6.54 Å². The van der Waals surface area contributed by atoms with Crippen LogP contribution < -0.4 is 5.32 Å². The van der Waals surface area contributed by atoms with Crippen LogP contribution in [0.5, 0.6) is 0 Å². The summed E-state index contributed by atoms with van der Waals surface area (Å²) >= 11 is 11.8. The summed E-state index contributed by atoms with van der Waals surface area (Å²) in [5.41, 5.74) is 0.827. The number of carboxylic acid groups (broad SMARTS) is 1. The summed E-state index contributed by atoms with van der Waals surface area (Å²) in [4.78, 5) is 23.8. The number of carboxylic acids is 1. The number of rotatable bonds is 4. The molecule has 0 heterocycles. The Morgan fingerprint density at radius 2 is 1.82 bits per heavy atom. The van der Waals surface area contributed by atoms with E-state index < -0.39 is 17.8 Å². The monoisotopic (exact) mass is 339 g/mol. The third-order valence-corrected chi connectivity index (χ3v) is 5.24. The van der Waals surface area contributed by atoms with Gasteiger partial charge in [0.1, 0.15) is 0 Å². The Balaban J connectivity index is 1.68. The number of aliphatic carboxylic acids is 1. The average Bonchev–Trinajstić information content (AvgIpc) is 3.08. The Labute approximate surface area is 138 Å². The van der Waals surface area contributed by atoms with Crippen molar-refractivity contribution in [1.82, 2.24) is 5.32 Å². The van der Waals surface area contributed by atoms with Gasteiger partial charge in [-0.3, -0.25) is 9.59 Å². The van der Waals surface area contributed by atoms with Gasteiger partial charge in [0.2, 0.25) is 5.91 Å². The van der Waals surface area contributed by atoms with Gasteiger partial charge in [0.25, 0.3) is 0 Å². The van der Waals surface area contributed by atoms with Crippen molar-refractivity contribution in [3.05, 3.63) is 46.0 Å². The van der Waals surface area contributed by atoms with E-state index in [-0.39, 0.29) is 17.7 Å². The molecular formula is C16H15Cl2NO3. The van der Waals surface area contributed by atoms with Gasteiger partial charge >= 0.3 is 5.97 Å². The van der Waals surface area contributed by atoms with Crippen molar-refractivity contribution in [2.75, 3.05) is 0 Å². The number of benzene rings is 1. The highest BCUT2D eigenvalue weighted by atomic mass is 35.5. The number of hydrogen-bond donors (Lipinski definition) is 2. The molecule has 2 aliphatic carbocycles. The van der Waals surface area contributed by atoms with Crippen LogP contribution in [0.1, 0.15) is 12.0 Å². The molecule has 0 spiro atoms. The molecule has 2 bridgehead atoms. The lowest BCUT2D eigenvalue weighted by Crippen LogP contribution is -2.39. The number of hydrogen-bond acceptors (Lipinski definition) is 2. The van der Waals surface area contributed by atoms with E-state index in [1.165, 1.54) is 0 Å². The smallest absolute Gasteiger partial charge is 0.307 e. The Bertz CT molecular complexity index is 659. The molecule has 0 unspecified atom stereocenters. The SMILES string of the molecule is O=C(O)[C@@H]1[C@@H](C(=O)NCc2ccc(Cl)c(Cl)c2)[C@H]2C=C[C@@H]1C2. The Hall–Kier alpha value is -1.52. The van der Waals surface area contributed by atoms with Crippen molar-refractivity contribution >= 4 is 35.1 Å². The van der Waals surface area contributed by atoms with Gasteiger partial charge in [-0.1, -0.05) is 41.4 Å². The Morgan fingerprint density at radius 3 is 2.45 bits per heavy atom. The number of amides is 1. The molecule has 22 heavy (non-hydrogen) atoms.